The van der Waals surface area contributed by atoms with Gasteiger partial charge in [-0.2, -0.15) is 0 Å². The minimum atomic E-state index is -0.170. The average Bonchev–Trinajstić information content (AvgIpc) is 3.02. The summed E-state index contributed by atoms with van der Waals surface area (Å²) in [6.07, 6.45) is 3.68. The van der Waals surface area contributed by atoms with Crippen LogP contribution in [0.4, 0.5) is 0 Å². The van der Waals surface area contributed by atoms with E-state index >= 15 is 0 Å². The summed E-state index contributed by atoms with van der Waals surface area (Å²) >= 11 is 7.65. The first-order valence-corrected chi connectivity index (χ1v) is 10.2. The lowest BCUT2D eigenvalue weighted by Crippen LogP contribution is -2.12. The molecule has 3 heterocycles. The smallest absolute Gasteiger partial charge is 0.232 e. The highest BCUT2D eigenvalue weighted by Gasteiger charge is 2.20. The number of carbonyl (C=O) groups excluding carboxylic acids is 1. The molecule has 8 heteroatoms. The van der Waals surface area contributed by atoms with E-state index in [1.807, 2.05) is 20.8 Å². The Morgan fingerprint density at radius 1 is 1.29 bits per heavy atom. The summed E-state index contributed by atoms with van der Waals surface area (Å²) in [4.78, 5) is 26.8. The number of fused-ring (bicyclic) bond motifs is 1. The van der Waals surface area contributed by atoms with Gasteiger partial charge in [-0.25, -0.2) is 15.0 Å². The number of thiazole rings is 1. The number of halogens is 1. The van der Waals surface area contributed by atoms with Crippen molar-refractivity contribution >= 4 is 39.1 Å². The molecule has 0 spiro atoms. The molecule has 0 aliphatic rings. The van der Waals surface area contributed by atoms with Crippen LogP contribution in [0.5, 0.6) is 5.88 Å². The summed E-state index contributed by atoms with van der Waals surface area (Å²) in [5.74, 6) is 0.389. The van der Waals surface area contributed by atoms with Crippen molar-refractivity contribution in [3.05, 3.63) is 45.2 Å². The molecule has 0 saturated carbocycles. The van der Waals surface area contributed by atoms with Gasteiger partial charge in [0.05, 0.1) is 18.2 Å². The van der Waals surface area contributed by atoms with Gasteiger partial charge >= 0.3 is 0 Å². The lowest BCUT2D eigenvalue weighted by atomic mass is 9.98. The van der Waals surface area contributed by atoms with Crippen LogP contribution in [0.25, 0.3) is 10.3 Å². The predicted octanol–water partition coefficient (Wildman–Crippen LogP) is 4.51. The maximum atomic E-state index is 12.7. The standard InChI is InChI=1S/C20H22ClN3O3S/c1-5-27-11(2)17-14(10-23-20-18(17)24-12(3)28-20)8-15(25)6-13-7-16(21)19(26-4)22-9-13/h7,9-11H,5-6,8H2,1-4H3. The number of carbonyl (C=O) groups is 1. The number of rotatable bonds is 8. The van der Waals surface area contributed by atoms with Gasteiger partial charge in [-0.3, -0.25) is 4.79 Å². The molecular weight excluding hydrogens is 398 g/mol. The quantitative estimate of drug-likeness (QED) is 0.534. The highest BCUT2D eigenvalue weighted by atomic mass is 35.5. The van der Waals surface area contributed by atoms with Crippen molar-refractivity contribution in [2.24, 2.45) is 0 Å². The number of methoxy groups -OCH3 is 1. The third kappa shape index (κ3) is 4.48. The Kier molecular flexibility index (Phi) is 6.59. The molecule has 148 valence electrons. The normalized spacial score (nSPS) is 12.3. The van der Waals surface area contributed by atoms with Gasteiger partial charge in [0.1, 0.15) is 21.2 Å². The van der Waals surface area contributed by atoms with E-state index in [0.29, 0.717) is 17.5 Å². The van der Waals surface area contributed by atoms with E-state index in [1.54, 1.807) is 18.5 Å². The molecule has 3 rings (SSSR count). The highest BCUT2D eigenvalue weighted by molar-refractivity contribution is 7.18. The predicted molar refractivity (Wildman–Crippen MR) is 110 cm³/mol. The Morgan fingerprint density at radius 3 is 2.75 bits per heavy atom. The molecule has 0 aliphatic heterocycles. The fraction of sp³-hybridized carbons (Fsp3) is 0.400. The number of aryl methyl sites for hydroxylation is 1. The monoisotopic (exact) mass is 419 g/mol. The number of hydrogen-bond acceptors (Lipinski definition) is 7. The van der Waals surface area contributed by atoms with Gasteiger partial charge in [-0.1, -0.05) is 22.9 Å². The van der Waals surface area contributed by atoms with Crippen molar-refractivity contribution in [1.29, 1.82) is 0 Å². The number of ether oxygens (including phenoxy) is 2. The minimum absolute atomic E-state index is 0.0427. The van der Waals surface area contributed by atoms with Crippen molar-refractivity contribution < 1.29 is 14.3 Å². The number of Topliss-reactive ketones (excluding diaryl/α,β-unsaturated/α-hetero) is 1. The lowest BCUT2D eigenvalue weighted by Gasteiger charge is -2.16. The summed E-state index contributed by atoms with van der Waals surface area (Å²) < 4.78 is 10.9. The minimum Gasteiger partial charge on any atom is -0.480 e. The van der Waals surface area contributed by atoms with E-state index in [2.05, 4.69) is 15.0 Å². The van der Waals surface area contributed by atoms with Gasteiger partial charge < -0.3 is 9.47 Å². The van der Waals surface area contributed by atoms with Crippen LogP contribution in [0.2, 0.25) is 5.02 Å². The molecule has 1 unspecified atom stereocenters. The van der Waals surface area contributed by atoms with Crippen LogP contribution in [0.3, 0.4) is 0 Å². The lowest BCUT2D eigenvalue weighted by molar-refractivity contribution is -0.117. The molecule has 3 aromatic heterocycles. The van der Waals surface area contributed by atoms with Crippen LogP contribution in [0.1, 0.15) is 41.6 Å². The first-order valence-electron chi connectivity index (χ1n) is 8.99. The second kappa shape index (κ2) is 8.94. The van der Waals surface area contributed by atoms with Gasteiger partial charge in [-0.05, 0) is 38.0 Å². The summed E-state index contributed by atoms with van der Waals surface area (Å²) in [6, 6.07) is 1.71. The van der Waals surface area contributed by atoms with E-state index in [9.17, 15) is 4.79 Å². The van der Waals surface area contributed by atoms with Crippen LogP contribution in [-0.2, 0) is 22.4 Å². The van der Waals surface area contributed by atoms with Crippen LogP contribution in [0, 0.1) is 6.92 Å². The van der Waals surface area contributed by atoms with Crippen LogP contribution < -0.4 is 4.74 Å². The third-order valence-corrected chi connectivity index (χ3v) is 5.47. The topological polar surface area (TPSA) is 74.2 Å². The molecule has 0 bridgehead atoms. The highest BCUT2D eigenvalue weighted by Crippen LogP contribution is 2.31. The van der Waals surface area contributed by atoms with E-state index in [4.69, 9.17) is 21.1 Å². The Balaban J connectivity index is 1.87. The molecule has 0 aromatic carbocycles. The van der Waals surface area contributed by atoms with Crippen molar-refractivity contribution in [2.75, 3.05) is 13.7 Å². The summed E-state index contributed by atoms with van der Waals surface area (Å²) in [5.41, 5.74) is 3.35. The van der Waals surface area contributed by atoms with Crippen LogP contribution in [0.15, 0.2) is 18.5 Å². The van der Waals surface area contributed by atoms with Gasteiger partial charge in [0, 0.05) is 37.4 Å². The number of hydrogen-bond donors (Lipinski definition) is 0. The number of ketones is 1. The van der Waals surface area contributed by atoms with E-state index in [0.717, 1.165) is 32.0 Å². The van der Waals surface area contributed by atoms with Crippen molar-refractivity contribution in [3.8, 4) is 5.88 Å². The summed E-state index contributed by atoms with van der Waals surface area (Å²) in [6.45, 7) is 6.46. The van der Waals surface area contributed by atoms with Crippen molar-refractivity contribution in [3.63, 3.8) is 0 Å². The van der Waals surface area contributed by atoms with Gasteiger partial charge in [0.25, 0.3) is 0 Å². The van der Waals surface area contributed by atoms with Gasteiger partial charge in [0.2, 0.25) is 5.88 Å². The third-order valence-electron chi connectivity index (χ3n) is 4.32. The number of pyridine rings is 2. The molecule has 28 heavy (non-hydrogen) atoms. The van der Waals surface area contributed by atoms with Crippen LogP contribution >= 0.6 is 22.9 Å². The maximum absolute atomic E-state index is 12.7. The second-order valence-electron chi connectivity index (χ2n) is 6.41. The molecule has 0 saturated heterocycles. The largest absolute Gasteiger partial charge is 0.480 e. The fourth-order valence-corrected chi connectivity index (χ4v) is 4.22. The van der Waals surface area contributed by atoms with Gasteiger partial charge in [0.15, 0.2) is 0 Å². The average molecular weight is 420 g/mol. The first kappa shape index (κ1) is 20.6. The molecule has 0 N–H and O–H groups in total. The molecule has 0 fully saturated rings. The van der Waals surface area contributed by atoms with E-state index in [-0.39, 0.29) is 24.7 Å². The first-order chi connectivity index (χ1) is 13.4. The zero-order chi connectivity index (χ0) is 20.3. The van der Waals surface area contributed by atoms with Crippen molar-refractivity contribution in [2.45, 2.75) is 39.7 Å². The Morgan fingerprint density at radius 2 is 2.07 bits per heavy atom. The number of nitrogens with zero attached hydrogens (tertiary/aromatic N) is 3. The van der Waals surface area contributed by atoms with E-state index < -0.39 is 0 Å². The SMILES string of the molecule is CCOC(C)c1c(CC(=O)Cc2cnc(OC)c(Cl)c2)cnc2sc(C)nc12. The second-order valence-corrected chi connectivity index (χ2v) is 8.00. The van der Waals surface area contributed by atoms with Gasteiger partial charge in [-0.15, -0.1) is 0 Å². The summed E-state index contributed by atoms with van der Waals surface area (Å²) in [7, 11) is 1.50. The zero-order valence-electron chi connectivity index (χ0n) is 16.3. The Bertz CT molecular complexity index is 1010. The van der Waals surface area contributed by atoms with E-state index in [1.165, 1.54) is 18.4 Å². The van der Waals surface area contributed by atoms with Crippen molar-refractivity contribution in [1.82, 2.24) is 15.0 Å². The maximum Gasteiger partial charge on any atom is 0.232 e. The Hall–Kier alpha value is -2.09. The Labute approximate surface area is 172 Å². The molecule has 0 aliphatic carbocycles. The van der Waals surface area contributed by atoms with Crippen LogP contribution in [-0.4, -0.2) is 34.5 Å². The molecule has 1 atom stereocenters. The summed E-state index contributed by atoms with van der Waals surface area (Å²) in [5, 5.41) is 1.33. The molecular formula is C20H22ClN3O3S. The number of aromatic nitrogens is 3. The molecule has 0 amide bonds. The molecule has 0 radical (unpaired) electrons. The zero-order valence-corrected chi connectivity index (χ0v) is 17.9. The molecule has 3 aromatic rings. The molecule has 6 nitrogen and oxygen atoms in total. The fourth-order valence-electron chi connectivity index (χ4n) is 3.18.